The molecule has 0 saturated carbocycles. The van der Waals surface area contributed by atoms with E-state index < -0.39 is 26.6 Å². The van der Waals surface area contributed by atoms with Crippen molar-refractivity contribution in [1.82, 2.24) is 0 Å². The van der Waals surface area contributed by atoms with Gasteiger partial charge in [0, 0.05) is 29.1 Å². The van der Waals surface area contributed by atoms with Gasteiger partial charge in [0.05, 0.1) is 26.9 Å². The van der Waals surface area contributed by atoms with Crippen molar-refractivity contribution in [2.24, 2.45) is 0 Å². The first-order valence-electron chi connectivity index (χ1n) is 9.48. The minimum atomic E-state index is -3.47. The molecule has 170 valence electrons. The number of hydrogen-bond acceptors (Lipinski definition) is 6. The highest BCUT2D eigenvalue weighted by molar-refractivity contribution is 7.90. The maximum Gasteiger partial charge on any atom is 0.273 e. The number of amides is 2. The molecule has 0 aliphatic heterocycles. The molecule has 2 N–H and O–H groups in total. The third-order valence-corrected chi connectivity index (χ3v) is 5.99. The lowest BCUT2D eigenvalue weighted by molar-refractivity contribution is -0.385. The maximum atomic E-state index is 12.5. The highest BCUT2D eigenvalue weighted by Crippen LogP contribution is 2.27. The van der Waals surface area contributed by atoms with Crippen LogP contribution in [0.5, 0.6) is 0 Å². The predicted octanol–water partition coefficient (Wildman–Crippen LogP) is 4.09. The third kappa shape index (κ3) is 6.15. The number of anilines is 2. The number of carbonyl (C=O) groups is 2. The van der Waals surface area contributed by atoms with Crippen LogP contribution in [0.25, 0.3) is 0 Å². The molecule has 0 spiro atoms. The lowest BCUT2D eigenvalue weighted by Gasteiger charge is -2.11. The summed E-state index contributed by atoms with van der Waals surface area (Å²) in [7, 11) is -3.47. The Morgan fingerprint density at radius 2 is 1.73 bits per heavy atom. The second-order valence-electron chi connectivity index (χ2n) is 7.06. The molecule has 3 aromatic carbocycles. The summed E-state index contributed by atoms with van der Waals surface area (Å²) >= 11 is 6.22. The number of benzene rings is 3. The van der Waals surface area contributed by atoms with Crippen LogP contribution < -0.4 is 10.6 Å². The summed E-state index contributed by atoms with van der Waals surface area (Å²) in [6.07, 6.45) is 0.841. The lowest BCUT2D eigenvalue weighted by Crippen LogP contribution is -2.16. The fourth-order valence-electron chi connectivity index (χ4n) is 2.97. The van der Waals surface area contributed by atoms with Gasteiger partial charge in [-0.1, -0.05) is 35.9 Å². The van der Waals surface area contributed by atoms with Crippen molar-refractivity contribution in [3.8, 4) is 0 Å². The first-order chi connectivity index (χ1) is 15.5. The van der Waals surface area contributed by atoms with Gasteiger partial charge in [-0.25, -0.2) is 8.42 Å². The molecule has 0 unspecified atom stereocenters. The molecule has 3 rings (SSSR count). The summed E-state index contributed by atoms with van der Waals surface area (Å²) < 4.78 is 23.4. The highest BCUT2D eigenvalue weighted by Gasteiger charge is 2.17. The van der Waals surface area contributed by atoms with Gasteiger partial charge < -0.3 is 10.6 Å². The summed E-state index contributed by atoms with van der Waals surface area (Å²) in [5, 5.41) is 16.4. The SMILES string of the molecule is CS(=O)(=O)c1cccc(C(=O)Nc2ccc(NC(=O)Cc3ccccc3[N+](=O)[O-])cc2Cl)c1. The Bertz CT molecular complexity index is 1360. The Balaban J connectivity index is 1.70. The van der Waals surface area contributed by atoms with E-state index in [4.69, 9.17) is 11.6 Å². The summed E-state index contributed by atoms with van der Waals surface area (Å²) in [6, 6.07) is 15.9. The standard InChI is InChI=1S/C22H18ClN3O6S/c1-33(31,32)17-7-4-6-15(11-17)22(28)25-19-10-9-16(13-18(19)23)24-21(27)12-14-5-2-3-8-20(14)26(29)30/h2-11,13H,12H2,1H3,(H,24,27)(H,25,28). The maximum absolute atomic E-state index is 12.5. The number of nitro benzene ring substituents is 1. The van der Waals surface area contributed by atoms with E-state index in [-0.39, 0.29) is 38.8 Å². The van der Waals surface area contributed by atoms with Gasteiger partial charge in [-0.3, -0.25) is 19.7 Å². The topological polar surface area (TPSA) is 135 Å². The van der Waals surface area contributed by atoms with Gasteiger partial charge in [0.1, 0.15) is 0 Å². The van der Waals surface area contributed by atoms with Crippen molar-refractivity contribution in [3.63, 3.8) is 0 Å². The summed E-state index contributed by atoms with van der Waals surface area (Å²) in [4.78, 5) is 35.4. The zero-order valence-corrected chi connectivity index (χ0v) is 18.8. The van der Waals surface area contributed by atoms with E-state index in [0.717, 1.165) is 6.26 Å². The van der Waals surface area contributed by atoms with E-state index in [0.29, 0.717) is 5.69 Å². The number of sulfone groups is 1. The van der Waals surface area contributed by atoms with Crippen molar-refractivity contribution in [3.05, 3.63) is 93.0 Å². The molecule has 0 bridgehead atoms. The normalized spacial score (nSPS) is 11.0. The number of nitrogens with one attached hydrogen (secondary N) is 2. The van der Waals surface area contributed by atoms with Gasteiger partial charge in [0.15, 0.2) is 9.84 Å². The number of carbonyl (C=O) groups excluding carboxylic acids is 2. The van der Waals surface area contributed by atoms with Crippen LogP contribution in [0.2, 0.25) is 5.02 Å². The van der Waals surface area contributed by atoms with E-state index in [1.807, 2.05) is 0 Å². The molecule has 9 nitrogen and oxygen atoms in total. The zero-order chi connectivity index (χ0) is 24.2. The van der Waals surface area contributed by atoms with E-state index >= 15 is 0 Å². The molecule has 0 fully saturated rings. The molecule has 0 radical (unpaired) electrons. The van der Waals surface area contributed by atoms with Crippen molar-refractivity contribution in [2.75, 3.05) is 16.9 Å². The molecule has 2 amide bonds. The Morgan fingerprint density at radius 1 is 1.00 bits per heavy atom. The Labute approximate surface area is 194 Å². The minimum absolute atomic E-state index is 0.0120. The van der Waals surface area contributed by atoms with Crippen LogP contribution in [0.3, 0.4) is 0 Å². The van der Waals surface area contributed by atoms with Gasteiger partial charge >= 0.3 is 0 Å². The van der Waals surface area contributed by atoms with Gasteiger partial charge in [0.2, 0.25) is 5.91 Å². The van der Waals surface area contributed by atoms with E-state index in [9.17, 15) is 28.1 Å². The van der Waals surface area contributed by atoms with Crippen molar-refractivity contribution >= 4 is 50.3 Å². The van der Waals surface area contributed by atoms with Gasteiger partial charge in [-0.15, -0.1) is 0 Å². The average Bonchev–Trinajstić information content (AvgIpc) is 2.75. The molecule has 0 aliphatic carbocycles. The molecule has 3 aromatic rings. The highest BCUT2D eigenvalue weighted by atomic mass is 35.5. The molecule has 0 heterocycles. The fourth-order valence-corrected chi connectivity index (χ4v) is 3.87. The van der Waals surface area contributed by atoms with Crippen molar-refractivity contribution in [2.45, 2.75) is 11.3 Å². The van der Waals surface area contributed by atoms with Gasteiger partial charge in [-0.2, -0.15) is 0 Å². The molecule has 0 aliphatic rings. The largest absolute Gasteiger partial charge is 0.326 e. The second-order valence-corrected chi connectivity index (χ2v) is 9.48. The summed E-state index contributed by atoms with van der Waals surface area (Å²) in [5.74, 6) is -1.04. The number of hydrogen-bond donors (Lipinski definition) is 2. The van der Waals surface area contributed by atoms with Crippen molar-refractivity contribution in [1.29, 1.82) is 0 Å². The first kappa shape index (κ1) is 23.9. The first-order valence-corrected chi connectivity index (χ1v) is 11.7. The molecule has 0 aromatic heterocycles. The zero-order valence-electron chi connectivity index (χ0n) is 17.2. The average molecular weight is 488 g/mol. The third-order valence-electron chi connectivity index (χ3n) is 4.56. The van der Waals surface area contributed by atoms with E-state index in [1.54, 1.807) is 6.07 Å². The molecule has 0 saturated heterocycles. The number of rotatable bonds is 7. The van der Waals surface area contributed by atoms with Crippen LogP contribution >= 0.6 is 11.6 Å². The van der Waals surface area contributed by atoms with Crippen LogP contribution in [-0.2, 0) is 21.1 Å². The van der Waals surface area contributed by atoms with E-state index in [2.05, 4.69) is 10.6 Å². The monoisotopic (exact) mass is 487 g/mol. The fraction of sp³-hybridized carbons (Fsp3) is 0.0909. The van der Waals surface area contributed by atoms with E-state index in [1.165, 1.54) is 60.7 Å². The van der Waals surface area contributed by atoms with Crippen LogP contribution in [0.4, 0.5) is 17.1 Å². The molecule has 0 atom stereocenters. The number of nitro groups is 1. The predicted molar refractivity (Wildman–Crippen MR) is 124 cm³/mol. The van der Waals surface area contributed by atoms with Gasteiger partial charge in [0.25, 0.3) is 11.6 Å². The Kier molecular flexibility index (Phi) is 7.10. The quantitative estimate of drug-likeness (QED) is 0.380. The smallest absolute Gasteiger partial charge is 0.273 e. The van der Waals surface area contributed by atoms with Gasteiger partial charge in [-0.05, 0) is 36.4 Å². The molecule has 33 heavy (non-hydrogen) atoms. The molecular formula is C22H18ClN3O6S. The van der Waals surface area contributed by atoms with Crippen LogP contribution in [0.1, 0.15) is 15.9 Å². The van der Waals surface area contributed by atoms with Crippen molar-refractivity contribution < 1.29 is 22.9 Å². The summed E-state index contributed by atoms with van der Waals surface area (Å²) in [5.41, 5.74) is 0.842. The lowest BCUT2D eigenvalue weighted by atomic mass is 10.1. The van der Waals surface area contributed by atoms with Crippen LogP contribution in [0, 0.1) is 10.1 Å². The van der Waals surface area contributed by atoms with Crippen LogP contribution in [-0.4, -0.2) is 31.4 Å². The Hall–Kier alpha value is -3.76. The number of para-hydroxylation sites is 1. The van der Waals surface area contributed by atoms with Crippen LogP contribution in [0.15, 0.2) is 71.6 Å². The number of halogens is 1. The molecular weight excluding hydrogens is 470 g/mol. The summed E-state index contributed by atoms with van der Waals surface area (Å²) in [6.45, 7) is 0. The second kappa shape index (κ2) is 9.80. The Morgan fingerprint density at radius 3 is 2.39 bits per heavy atom. The number of nitrogens with zero attached hydrogens (tertiary/aromatic N) is 1. The molecule has 11 heteroatoms. The minimum Gasteiger partial charge on any atom is -0.326 e.